The molecule has 0 saturated carbocycles. The van der Waals surface area contributed by atoms with E-state index in [0.29, 0.717) is 25.0 Å². The molecule has 21 heavy (non-hydrogen) atoms. The van der Waals surface area contributed by atoms with Crippen LogP contribution in [0.1, 0.15) is 71.6 Å². The Balaban J connectivity index is 3.56. The molecule has 0 fully saturated rings. The van der Waals surface area contributed by atoms with Gasteiger partial charge < -0.3 is 10.1 Å². The van der Waals surface area contributed by atoms with E-state index in [1.54, 1.807) is 6.92 Å². The lowest BCUT2D eigenvalue weighted by atomic mass is 10.1. The van der Waals surface area contributed by atoms with E-state index in [0.717, 1.165) is 38.5 Å². The summed E-state index contributed by atoms with van der Waals surface area (Å²) in [5.41, 5.74) is 0. The SMILES string of the molecule is CCCCCC(=O)CCCCCC(=O)N[C@@H](C)C(=O)OC. The van der Waals surface area contributed by atoms with Gasteiger partial charge in [-0.25, -0.2) is 4.79 Å². The Morgan fingerprint density at radius 2 is 1.52 bits per heavy atom. The summed E-state index contributed by atoms with van der Waals surface area (Å²) in [7, 11) is 1.29. The van der Waals surface area contributed by atoms with Gasteiger partial charge >= 0.3 is 5.97 Å². The van der Waals surface area contributed by atoms with E-state index in [-0.39, 0.29) is 5.91 Å². The first kappa shape index (κ1) is 19.6. The highest BCUT2D eigenvalue weighted by atomic mass is 16.5. The first-order chi connectivity index (χ1) is 10.0. The van der Waals surface area contributed by atoms with E-state index >= 15 is 0 Å². The van der Waals surface area contributed by atoms with Gasteiger partial charge in [0.1, 0.15) is 11.8 Å². The number of carbonyl (C=O) groups excluding carboxylic acids is 3. The van der Waals surface area contributed by atoms with Crippen molar-refractivity contribution >= 4 is 17.7 Å². The molecule has 0 aliphatic carbocycles. The molecule has 0 aromatic carbocycles. The third-order valence-electron chi connectivity index (χ3n) is 3.35. The minimum Gasteiger partial charge on any atom is -0.467 e. The van der Waals surface area contributed by atoms with Crippen molar-refractivity contribution in [3.8, 4) is 0 Å². The number of ketones is 1. The zero-order valence-electron chi connectivity index (χ0n) is 13.6. The molecule has 0 rings (SSSR count). The first-order valence-electron chi connectivity index (χ1n) is 7.90. The highest BCUT2D eigenvalue weighted by Gasteiger charge is 2.15. The maximum atomic E-state index is 11.6. The van der Waals surface area contributed by atoms with Crippen LogP contribution in [0.25, 0.3) is 0 Å². The van der Waals surface area contributed by atoms with Crippen molar-refractivity contribution in [1.82, 2.24) is 5.32 Å². The summed E-state index contributed by atoms with van der Waals surface area (Å²) in [6.07, 6.45) is 7.35. The summed E-state index contributed by atoms with van der Waals surface area (Å²) in [6, 6.07) is -0.609. The predicted octanol–water partition coefficient (Wildman–Crippen LogP) is 2.76. The second kappa shape index (κ2) is 12.4. The van der Waals surface area contributed by atoms with Gasteiger partial charge in [-0.1, -0.05) is 26.2 Å². The van der Waals surface area contributed by atoms with Gasteiger partial charge in [0.2, 0.25) is 5.91 Å². The molecule has 0 aliphatic heterocycles. The van der Waals surface area contributed by atoms with Gasteiger partial charge in [-0.2, -0.15) is 0 Å². The fourth-order valence-electron chi connectivity index (χ4n) is 2.03. The molecule has 0 aromatic heterocycles. The van der Waals surface area contributed by atoms with E-state index in [2.05, 4.69) is 17.0 Å². The minimum absolute atomic E-state index is 0.151. The largest absolute Gasteiger partial charge is 0.467 e. The number of nitrogens with one attached hydrogen (secondary N) is 1. The smallest absolute Gasteiger partial charge is 0.328 e. The maximum absolute atomic E-state index is 11.6. The van der Waals surface area contributed by atoms with Crippen LogP contribution in [0.15, 0.2) is 0 Å². The molecule has 0 aromatic rings. The summed E-state index contributed by atoms with van der Waals surface area (Å²) in [4.78, 5) is 34.2. The Morgan fingerprint density at radius 1 is 0.952 bits per heavy atom. The normalized spacial score (nSPS) is 11.8. The van der Waals surface area contributed by atoms with Crippen LogP contribution in [-0.2, 0) is 19.1 Å². The minimum atomic E-state index is -0.609. The van der Waals surface area contributed by atoms with Crippen LogP contribution in [0.4, 0.5) is 0 Å². The quantitative estimate of drug-likeness (QED) is 0.444. The zero-order valence-corrected chi connectivity index (χ0v) is 13.6. The summed E-state index contributed by atoms with van der Waals surface area (Å²) in [6.45, 7) is 3.72. The predicted molar refractivity (Wildman–Crippen MR) is 81.9 cm³/mol. The number of carbonyl (C=O) groups is 3. The molecule has 0 bridgehead atoms. The van der Waals surface area contributed by atoms with Crippen molar-refractivity contribution in [3.05, 3.63) is 0 Å². The van der Waals surface area contributed by atoms with Crippen molar-refractivity contribution in [2.75, 3.05) is 7.11 Å². The lowest BCUT2D eigenvalue weighted by molar-refractivity contribution is -0.144. The van der Waals surface area contributed by atoms with Gasteiger partial charge in [-0.15, -0.1) is 0 Å². The van der Waals surface area contributed by atoms with Crippen molar-refractivity contribution in [3.63, 3.8) is 0 Å². The molecule has 1 amide bonds. The number of hydrogen-bond acceptors (Lipinski definition) is 4. The first-order valence-corrected chi connectivity index (χ1v) is 7.90. The van der Waals surface area contributed by atoms with Crippen LogP contribution in [-0.4, -0.2) is 30.8 Å². The molecule has 0 aliphatic rings. The Bertz CT molecular complexity index is 328. The molecule has 1 atom stereocenters. The number of amides is 1. The summed E-state index contributed by atoms with van der Waals surface area (Å²) < 4.78 is 4.53. The molecular formula is C16H29NO4. The van der Waals surface area contributed by atoms with E-state index in [1.807, 2.05) is 0 Å². The van der Waals surface area contributed by atoms with Crippen LogP contribution in [0, 0.1) is 0 Å². The van der Waals surface area contributed by atoms with Crippen molar-refractivity contribution in [2.45, 2.75) is 77.7 Å². The number of hydrogen-bond donors (Lipinski definition) is 1. The lowest BCUT2D eigenvalue weighted by Crippen LogP contribution is -2.38. The Labute approximate surface area is 127 Å². The van der Waals surface area contributed by atoms with Gasteiger partial charge in [0.15, 0.2) is 0 Å². The monoisotopic (exact) mass is 299 g/mol. The molecule has 122 valence electrons. The average Bonchev–Trinajstić information content (AvgIpc) is 2.46. The number of methoxy groups -OCH3 is 1. The maximum Gasteiger partial charge on any atom is 0.328 e. The third kappa shape index (κ3) is 11.0. The molecule has 0 heterocycles. The molecular weight excluding hydrogens is 270 g/mol. The molecule has 0 unspecified atom stereocenters. The van der Waals surface area contributed by atoms with Gasteiger partial charge in [0.05, 0.1) is 7.11 Å². The van der Waals surface area contributed by atoms with Crippen LogP contribution in [0.5, 0.6) is 0 Å². The van der Waals surface area contributed by atoms with Crippen molar-refractivity contribution in [1.29, 1.82) is 0 Å². The number of rotatable bonds is 12. The number of esters is 1. The Kier molecular flexibility index (Phi) is 11.5. The summed E-state index contributed by atoms with van der Waals surface area (Å²) in [5, 5.41) is 2.58. The van der Waals surface area contributed by atoms with Gasteiger partial charge in [-0.3, -0.25) is 9.59 Å². The van der Waals surface area contributed by atoms with Gasteiger partial charge in [0.25, 0.3) is 0 Å². The van der Waals surface area contributed by atoms with Crippen LogP contribution in [0.3, 0.4) is 0 Å². The van der Waals surface area contributed by atoms with Gasteiger partial charge in [-0.05, 0) is 26.2 Å². The van der Waals surface area contributed by atoms with E-state index in [1.165, 1.54) is 7.11 Å². The molecule has 1 N–H and O–H groups in total. The van der Waals surface area contributed by atoms with E-state index in [9.17, 15) is 14.4 Å². The zero-order chi connectivity index (χ0) is 16.1. The van der Waals surface area contributed by atoms with E-state index < -0.39 is 12.0 Å². The topological polar surface area (TPSA) is 72.5 Å². The standard InChI is InChI=1S/C16H29NO4/c1-4-5-7-10-14(18)11-8-6-9-12-15(19)17-13(2)16(20)21-3/h13H,4-12H2,1-3H3,(H,17,19)/t13-/m0/s1. The third-order valence-corrected chi connectivity index (χ3v) is 3.35. The number of unbranched alkanes of at least 4 members (excludes halogenated alkanes) is 4. The second-order valence-corrected chi connectivity index (χ2v) is 5.37. The van der Waals surface area contributed by atoms with Crippen molar-refractivity contribution < 1.29 is 19.1 Å². The Hall–Kier alpha value is -1.39. The molecule has 0 radical (unpaired) electrons. The Morgan fingerprint density at radius 3 is 2.10 bits per heavy atom. The fraction of sp³-hybridized carbons (Fsp3) is 0.812. The average molecular weight is 299 g/mol. The molecule has 0 saturated heterocycles. The summed E-state index contributed by atoms with van der Waals surface area (Å²) >= 11 is 0. The highest BCUT2D eigenvalue weighted by molar-refractivity contribution is 5.84. The lowest BCUT2D eigenvalue weighted by Gasteiger charge is -2.11. The highest BCUT2D eigenvalue weighted by Crippen LogP contribution is 2.08. The van der Waals surface area contributed by atoms with E-state index in [4.69, 9.17) is 0 Å². The number of Topliss-reactive ketones (excluding diaryl/α,β-unsaturated/α-hetero) is 1. The van der Waals surface area contributed by atoms with Crippen LogP contribution >= 0.6 is 0 Å². The van der Waals surface area contributed by atoms with Crippen molar-refractivity contribution in [2.24, 2.45) is 0 Å². The second-order valence-electron chi connectivity index (χ2n) is 5.37. The van der Waals surface area contributed by atoms with Crippen LogP contribution in [0.2, 0.25) is 0 Å². The summed E-state index contributed by atoms with van der Waals surface area (Å²) in [5.74, 6) is -0.268. The number of ether oxygens (including phenoxy) is 1. The fourth-order valence-corrected chi connectivity index (χ4v) is 2.03. The molecule has 0 spiro atoms. The van der Waals surface area contributed by atoms with Crippen LogP contribution < -0.4 is 5.32 Å². The van der Waals surface area contributed by atoms with Gasteiger partial charge in [0, 0.05) is 19.3 Å². The molecule has 5 heteroatoms. The molecule has 5 nitrogen and oxygen atoms in total.